The van der Waals surface area contributed by atoms with Crippen LogP contribution < -0.4 is 0 Å². The smallest absolute Gasteiger partial charge is 0.340 e. The Hall–Kier alpha value is -2.70. The van der Waals surface area contributed by atoms with E-state index in [0.717, 1.165) is 5.69 Å². The number of carbonyl (C=O) groups excluding carboxylic acids is 1. The van der Waals surface area contributed by atoms with Crippen LogP contribution in [0.4, 0.5) is 0 Å². The summed E-state index contributed by atoms with van der Waals surface area (Å²) in [6.45, 7) is 1.89. The molecule has 0 N–H and O–H groups in total. The van der Waals surface area contributed by atoms with Crippen LogP contribution in [0.1, 0.15) is 11.8 Å². The molecule has 2 rings (SSSR count). The van der Waals surface area contributed by atoms with E-state index >= 15 is 0 Å². The summed E-state index contributed by atoms with van der Waals surface area (Å²) in [6, 6.07) is 5.52. The molecule has 0 unspecified atom stereocenters. The molecule has 0 aliphatic carbocycles. The summed E-state index contributed by atoms with van der Waals surface area (Å²) in [4.78, 5) is 23.4. The summed E-state index contributed by atoms with van der Waals surface area (Å²) in [5.74, 6) is -0.664. The highest BCUT2D eigenvalue weighted by Gasteiger charge is 2.10. The van der Waals surface area contributed by atoms with E-state index in [1.165, 1.54) is 17.4 Å². The van der Waals surface area contributed by atoms with Crippen molar-refractivity contribution in [2.24, 2.45) is 5.11 Å². The standard InChI is InChI=1S/C13H11N5O2S/c1-2-20-13(19)11(17-18-14)7-9-8-16-12(21-9)10-5-3-4-6-15-10/h3-8H,2H2,1H3/b11-7-. The van der Waals surface area contributed by atoms with Crippen LogP contribution in [-0.2, 0) is 9.53 Å². The Morgan fingerprint density at radius 1 is 1.52 bits per heavy atom. The maximum absolute atomic E-state index is 11.6. The molecule has 106 valence electrons. The lowest BCUT2D eigenvalue weighted by Gasteiger charge is -1.99. The molecule has 0 bridgehead atoms. The fourth-order valence-corrected chi connectivity index (χ4v) is 2.31. The lowest BCUT2D eigenvalue weighted by molar-refractivity contribution is -0.138. The number of aromatic nitrogens is 2. The molecule has 0 saturated carbocycles. The van der Waals surface area contributed by atoms with Crippen molar-refractivity contribution < 1.29 is 9.53 Å². The molecule has 21 heavy (non-hydrogen) atoms. The summed E-state index contributed by atoms with van der Waals surface area (Å²) in [5.41, 5.74) is 9.14. The molecule has 2 heterocycles. The third kappa shape index (κ3) is 3.88. The van der Waals surface area contributed by atoms with Crippen LogP contribution in [0.15, 0.2) is 41.4 Å². The Kier molecular flexibility index (Phi) is 5.03. The van der Waals surface area contributed by atoms with E-state index in [4.69, 9.17) is 10.3 Å². The van der Waals surface area contributed by atoms with Gasteiger partial charge in [0, 0.05) is 22.2 Å². The molecule has 0 spiro atoms. The van der Waals surface area contributed by atoms with Gasteiger partial charge in [0.25, 0.3) is 0 Å². The summed E-state index contributed by atoms with van der Waals surface area (Å²) in [6.07, 6.45) is 4.71. The molecule has 2 aromatic rings. The number of carbonyl (C=O) groups is 1. The minimum Gasteiger partial charge on any atom is -0.462 e. The predicted octanol–water partition coefficient (Wildman–Crippen LogP) is 3.42. The van der Waals surface area contributed by atoms with Crippen LogP contribution in [0, 0.1) is 0 Å². The van der Waals surface area contributed by atoms with Crippen molar-refractivity contribution in [1.82, 2.24) is 9.97 Å². The molecular formula is C13H11N5O2S. The first-order valence-electron chi connectivity index (χ1n) is 6.05. The summed E-state index contributed by atoms with van der Waals surface area (Å²) >= 11 is 1.33. The second-order valence-electron chi connectivity index (χ2n) is 3.72. The quantitative estimate of drug-likeness (QED) is 0.277. The third-order valence-electron chi connectivity index (χ3n) is 2.32. The van der Waals surface area contributed by atoms with E-state index in [0.29, 0.717) is 9.88 Å². The van der Waals surface area contributed by atoms with Gasteiger partial charge in [0.1, 0.15) is 10.7 Å². The first kappa shape index (κ1) is 14.7. The van der Waals surface area contributed by atoms with Crippen LogP contribution in [0.2, 0.25) is 0 Å². The van der Waals surface area contributed by atoms with E-state index in [2.05, 4.69) is 20.0 Å². The molecular weight excluding hydrogens is 290 g/mol. The number of rotatable bonds is 5. The van der Waals surface area contributed by atoms with Crippen LogP contribution in [0.5, 0.6) is 0 Å². The predicted molar refractivity (Wildman–Crippen MR) is 79.1 cm³/mol. The van der Waals surface area contributed by atoms with Crippen molar-refractivity contribution in [2.75, 3.05) is 6.61 Å². The average Bonchev–Trinajstić information content (AvgIpc) is 2.96. The molecule has 0 aliphatic rings. The number of hydrogen-bond acceptors (Lipinski definition) is 6. The molecule has 0 saturated heterocycles. The van der Waals surface area contributed by atoms with Crippen LogP contribution in [0.3, 0.4) is 0 Å². The fraction of sp³-hybridized carbons (Fsp3) is 0.154. The lowest BCUT2D eigenvalue weighted by Crippen LogP contribution is -2.05. The number of ether oxygens (including phenoxy) is 1. The largest absolute Gasteiger partial charge is 0.462 e. The Bertz CT molecular complexity index is 704. The van der Waals surface area contributed by atoms with E-state index in [-0.39, 0.29) is 12.3 Å². The molecule has 0 aromatic carbocycles. The third-order valence-corrected chi connectivity index (χ3v) is 3.29. The molecule has 0 amide bonds. The second-order valence-corrected chi connectivity index (χ2v) is 4.78. The van der Waals surface area contributed by atoms with Crippen molar-refractivity contribution in [3.05, 3.63) is 51.6 Å². The summed E-state index contributed by atoms with van der Waals surface area (Å²) < 4.78 is 4.82. The minimum atomic E-state index is -0.664. The number of nitrogens with zero attached hydrogens (tertiary/aromatic N) is 5. The first-order valence-corrected chi connectivity index (χ1v) is 6.87. The van der Waals surface area contributed by atoms with Gasteiger partial charge in [0.2, 0.25) is 0 Å². The number of pyridine rings is 1. The Labute approximate surface area is 124 Å². The minimum absolute atomic E-state index is 0.101. The molecule has 2 aromatic heterocycles. The van der Waals surface area contributed by atoms with Gasteiger partial charge in [-0.05, 0) is 30.7 Å². The summed E-state index contributed by atoms with van der Waals surface area (Å²) in [7, 11) is 0. The number of thiazole rings is 1. The van der Waals surface area contributed by atoms with Gasteiger partial charge in [-0.15, -0.1) is 11.3 Å². The van der Waals surface area contributed by atoms with Gasteiger partial charge in [-0.25, -0.2) is 9.78 Å². The fourth-order valence-electron chi connectivity index (χ4n) is 1.48. The van der Waals surface area contributed by atoms with Crippen molar-refractivity contribution in [3.63, 3.8) is 0 Å². The van der Waals surface area contributed by atoms with E-state index in [1.807, 2.05) is 18.2 Å². The second kappa shape index (κ2) is 7.18. The van der Waals surface area contributed by atoms with E-state index < -0.39 is 5.97 Å². The average molecular weight is 301 g/mol. The molecule has 0 radical (unpaired) electrons. The van der Waals surface area contributed by atoms with Crippen molar-refractivity contribution in [1.29, 1.82) is 0 Å². The van der Waals surface area contributed by atoms with E-state index in [9.17, 15) is 4.79 Å². The zero-order chi connectivity index (χ0) is 15.1. The molecule has 0 aliphatic heterocycles. The molecule has 0 fully saturated rings. The van der Waals surface area contributed by atoms with Crippen molar-refractivity contribution in [2.45, 2.75) is 6.92 Å². The SMILES string of the molecule is CCOC(=O)/C(=C/c1cnc(-c2ccccn2)s1)N=[N+]=[N-]. The van der Waals surface area contributed by atoms with Gasteiger partial charge in [-0.1, -0.05) is 11.2 Å². The highest BCUT2D eigenvalue weighted by molar-refractivity contribution is 7.15. The van der Waals surface area contributed by atoms with Gasteiger partial charge in [-0.3, -0.25) is 4.98 Å². The van der Waals surface area contributed by atoms with Gasteiger partial charge in [-0.2, -0.15) is 0 Å². The van der Waals surface area contributed by atoms with E-state index in [1.54, 1.807) is 19.3 Å². The first-order chi connectivity index (χ1) is 10.2. The maximum atomic E-state index is 11.6. The molecule has 8 heteroatoms. The van der Waals surface area contributed by atoms with Gasteiger partial charge >= 0.3 is 5.97 Å². The highest BCUT2D eigenvalue weighted by atomic mass is 32.1. The monoisotopic (exact) mass is 301 g/mol. The summed E-state index contributed by atoms with van der Waals surface area (Å²) in [5, 5.41) is 4.06. The van der Waals surface area contributed by atoms with Crippen LogP contribution in [-0.4, -0.2) is 22.5 Å². The lowest BCUT2D eigenvalue weighted by atomic mass is 10.3. The van der Waals surface area contributed by atoms with Crippen LogP contribution in [0.25, 0.3) is 27.2 Å². The Balaban J connectivity index is 2.29. The normalized spacial score (nSPS) is 10.8. The highest BCUT2D eigenvalue weighted by Crippen LogP contribution is 2.25. The molecule has 7 nitrogen and oxygen atoms in total. The topological polar surface area (TPSA) is 101 Å². The number of esters is 1. The number of hydrogen-bond donors (Lipinski definition) is 0. The van der Waals surface area contributed by atoms with Gasteiger partial charge in [0.05, 0.1) is 12.3 Å². The maximum Gasteiger partial charge on any atom is 0.340 e. The van der Waals surface area contributed by atoms with Crippen molar-refractivity contribution in [3.8, 4) is 10.7 Å². The zero-order valence-corrected chi connectivity index (χ0v) is 11.9. The number of azide groups is 1. The van der Waals surface area contributed by atoms with Gasteiger partial charge in [0.15, 0.2) is 0 Å². The Morgan fingerprint density at radius 2 is 2.38 bits per heavy atom. The van der Waals surface area contributed by atoms with Crippen LogP contribution >= 0.6 is 11.3 Å². The Morgan fingerprint density at radius 3 is 3.05 bits per heavy atom. The zero-order valence-electron chi connectivity index (χ0n) is 11.1. The van der Waals surface area contributed by atoms with Crippen molar-refractivity contribution >= 4 is 23.4 Å². The molecule has 0 atom stereocenters. The van der Waals surface area contributed by atoms with Gasteiger partial charge < -0.3 is 4.74 Å².